The van der Waals surface area contributed by atoms with Crippen LogP contribution in [-0.2, 0) is 41.5 Å². The number of hydrogen-bond donors (Lipinski definition) is 2. The Morgan fingerprint density at radius 3 is 2.62 bits per heavy atom. The normalized spacial score (nSPS) is 25.4. The van der Waals surface area contributed by atoms with Crippen LogP contribution < -0.4 is 15.6 Å². The molecule has 6 aliphatic heterocycles. The molecule has 1 amide bonds. The van der Waals surface area contributed by atoms with Gasteiger partial charge in [-0.25, -0.2) is 5.43 Å². The monoisotopic (exact) mass is 1080 g/mol. The van der Waals surface area contributed by atoms with Crippen LogP contribution in [-0.4, -0.2) is 177 Å². The number of benzene rings is 1. The molecule has 6 aliphatic rings. The number of rotatable bonds is 23. The van der Waals surface area contributed by atoms with E-state index >= 15 is 4.79 Å². The number of hydrogen-bond acceptors (Lipinski definition) is 13. The largest absolute Gasteiger partial charge is 0.406 e. The van der Waals surface area contributed by atoms with Gasteiger partial charge in [0, 0.05) is 122 Å². The number of aldehydes is 1. The van der Waals surface area contributed by atoms with Crippen LogP contribution in [0.5, 0.6) is 0 Å². The van der Waals surface area contributed by atoms with E-state index in [2.05, 4.69) is 67.2 Å². The molecule has 6 fully saturated rings. The van der Waals surface area contributed by atoms with Crippen molar-refractivity contribution in [3.05, 3.63) is 60.1 Å². The highest BCUT2D eigenvalue weighted by atomic mass is 19.4. The van der Waals surface area contributed by atoms with E-state index < -0.39 is 30.3 Å². The van der Waals surface area contributed by atoms with Crippen molar-refractivity contribution in [1.82, 2.24) is 40.0 Å². The molecule has 77 heavy (non-hydrogen) atoms. The molecule has 3 aromatic rings. The van der Waals surface area contributed by atoms with Gasteiger partial charge in [-0.05, 0) is 137 Å². The van der Waals surface area contributed by atoms with Crippen molar-refractivity contribution in [3.8, 4) is 11.3 Å². The lowest BCUT2D eigenvalue weighted by Gasteiger charge is -2.60. The molecule has 1 aromatic carbocycles. The molecule has 0 aliphatic carbocycles. The standard InChI is InChI=1S/C59H88F3N9O6.2H2/c1-41-44-33-58(38-68(35-44)46-36-77-37-46)21-14-25-70(58)54(41)56(73)65-52(42(2)71-26-11-9-23-64-71)51(67-24-10-8-12-30-76-40-67)19-27-66(28-31-74-6)45-17-18-50-48(32-45)49(34-57(4,5)20-15-29-72)55(69(50)39-59(60,61)62)47-16-13-22-63-53(47)43(3)75-7;;/h13,16-18,22,29,32,41,43-44,46,51-52,54,64H,2,8-12,14-15,19-21,23-28,30-31,33-40H2,1,3-7H3,(H,65,73);2*1H/t41?,43-,44?,51+,52+,54-,58+;;/m0../s1. The van der Waals surface area contributed by atoms with Crippen molar-refractivity contribution in [2.24, 2.45) is 17.3 Å². The van der Waals surface area contributed by atoms with Gasteiger partial charge in [-0.15, -0.1) is 0 Å². The Labute approximate surface area is 458 Å². The van der Waals surface area contributed by atoms with Gasteiger partial charge < -0.3 is 43.5 Å². The first-order valence-electron chi connectivity index (χ1n) is 28.8. The molecular weight excluding hydrogens is 988 g/mol. The number of anilines is 1. The SMILES string of the molecule is C=C([C@@H](NC(=O)[C@@H]1C(C)C2CN(C3COC3)C[C@@]3(CCCN13)C2)[C@@H](CCN(CCOC)c1ccc2c(c1)c(CC(C)(C)CCC=O)c(-c1cccnc1[C@H](C)OC)n2CC(F)(F)F)N1CCCCCOC1)N1CCCCN1.[HH].[HH]. The molecule has 2 unspecified atom stereocenters. The maximum absolute atomic E-state index is 15.6. The molecular formula is C59H92F3N9O6. The number of nitrogens with one attached hydrogen (secondary N) is 2. The summed E-state index contributed by atoms with van der Waals surface area (Å²) in [5.41, 5.74) is 7.63. The number of aromatic nitrogens is 2. The second-order valence-corrected chi connectivity index (χ2v) is 24.0. The minimum Gasteiger partial charge on any atom is -0.383 e. The van der Waals surface area contributed by atoms with Crippen LogP contribution in [0, 0.1) is 17.3 Å². The molecule has 7 atom stereocenters. The molecule has 9 rings (SSSR count). The number of fused-ring (bicyclic) bond motifs is 2. The number of nitrogens with zero attached hydrogens (tertiary/aromatic N) is 7. The van der Waals surface area contributed by atoms with E-state index in [1.165, 1.54) is 4.57 Å². The molecule has 6 saturated heterocycles. The summed E-state index contributed by atoms with van der Waals surface area (Å²) in [5, 5.41) is 6.65. The first-order chi connectivity index (χ1) is 37.0. The Bertz CT molecular complexity index is 2490. The lowest BCUT2D eigenvalue weighted by Crippen LogP contribution is -2.72. The summed E-state index contributed by atoms with van der Waals surface area (Å²) in [6.07, 6.45) is 7.81. The summed E-state index contributed by atoms with van der Waals surface area (Å²) in [4.78, 5) is 42.0. The van der Waals surface area contributed by atoms with E-state index in [4.69, 9.17) is 25.5 Å². The van der Waals surface area contributed by atoms with Crippen LogP contribution in [0.1, 0.15) is 119 Å². The minimum atomic E-state index is -4.54. The van der Waals surface area contributed by atoms with Crippen LogP contribution in [0.25, 0.3) is 22.2 Å². The van der Waals surface area contributed by atoms with Crippen LogP contribution >= 0.6 is 0 Å². The first-order valence-corrected chi connectivity index (χ1v) is 28.8. The Hall–Kier alpha value is -4.14. The molecule has 1 spiro atoms. The zero-order valence-corrected chi connectivity index (χ0v) is 46.9. The van der Waals surface area contributed by atoms with Gasteiger partial charge in [0.25, 0.3) is 0 Å². The number of carbonyl (C=O) groups excluding carboxylic acids is 2. The molecule has 430 valence electrons. The zero-order chi connectivity index (χ0) is 54.5. The van der Waals surface area contributed by atoms with Crippen LogP contribution in [0.4, 0.5) is 18.9 Å². The Kier molecular flexibility index (Phi) is 18.8. The minimum absolute atomic E-state index is 0. The first kappa shape index (κ1) is 57.5. The van der Waals surface area contributed by atoms with Crippen molar-refractivity contribution in [3.63, 3.8) is 0 Å². The second kappa shape index (κ2) is 25.1. The second-order valence-electron chi connectivity index (χ2n) is 24.0. The number of alkyl halides is 3. The van der Waals surface area contributed by atoms with Gasteiger partial charge in [-0.1, -0.05) is 27.4 Å². The average molecular weight is 1080 g/mol. The number of methoxy groups -OCH3 is 2. The highest BCUT2D eigenvalue weighted by molar-refractivity contribution is 5.94. The van der Waals surface area contributed by atoms with Gasteiger partial charge >= 0.3 is 6.18 Å². The Balaban J connectivity index is 0.00000452. The smallest absolute Gasteiger partial charge is 0.383 e. The van der Waals surface area contributed by atoms with Crippen molar-refractivity contribution < 1.29 is 44.6 Å². The molecule has 2 aromatic heterocycles. The summed E-state index contributed by atoms with van der Waals surface area (Å²) < 4.78 is 69.9. The number of halogens is 3. The highest BCUT2D eigenvalue weighted by Gasteiger charge is 2.58. The van der Waals surface area contributed by atoms with Crippen molar-refractivity contribution in [1.29, 1.82) is 0 Å². The van der Waals surface area contributed by atoms with Crippen molar-refractivity contribution in [2.75, 3.05) is 105 Å². The van der Waals surface area contributed by atoms with Gasteiger partial charge in [0.05, 0.1) is 62.2 Å². The van der Waals surface area contributed by atoms with Gasteiger partial charge in [-0.2, -0.15) is 13.2 Å². The maximum Gasteiger partial charge on any atom is 0.406 e. The number of amides is 1. The molecule has 0 radical (unpaired) electrons. The molecule has 8 heterocycles. The lowest BCUT2D eigenvalue weighted by molar-refractivity contribution is -0.157. The van der Waals surface area contributed by atoms with Crippen LogP contribution in [0.3, 0.4) is 0 Å². The fourth-order valence-electron chi connectivity index (χ4n) is 14.0. The quantitative estimate of drug-likeness (QED) is 0.0879. The predicted octanol–water partition coefficient (Wildman–Crippen LogP) is 8.86. The third-order valence-corrected chi connectivity index (χ3v) is 18.2. The van der Waals surface area contributed by atoms with Gasteiger partial charge in [0.2, 0.25) is 5.91 Å². The molecule has 0 saturated carbocycles. The van der Waals surface area contributed by atoms with E-state index in [0.717, 1.165) is 127 Å². The Morgan fingerprint density at radius 2 is 1.90 bits per heavy atom. The number of carbonyl (C=O) groups is 2. The van der Waals surface area contributed by atoms with E-state index in [0.29, 0.717) is 98.5 Å². The summed E-state index contributed by atoms with van der Waals surface area (Å²) in [5.74, 6) is 0.612. The van der Waals surface area contributed by atoms with Gasteiger partial charge in [0.1, 0.15) is 12.8 Å². The number of pyridine rings is 1. The highest BCUT2D eigenvalue weighted by Crippen LogP contribution is 2.50. The fraction of sp³-hybridized carbons (Fsp3) is 0.712. The molecule has 18 heteroatoms. The Morgan fingerprint density at radius 1 is 1.08 bits per heavy atom. The number of piperidine rings is 2. The van der Waals surface area contributed by atoms with Gasteiger partial charge in [0.15, 0.2) is 0 Å². The van der Waals surface area contributed by atoms with Crippen LogP contribution in [0.15, 0.2) is 48.8 Å². The number of ether oxygens (including phenoxy) is 4. The lowest BCUT2D eigenvalue weighted by atomic mass is 9.68. The fourth-order valence-corrected chi connectivity index (χ4v) is 14.0. The van der Waals surface area contributed by atoms with Gasteiger partial charge in [-0.3, -0.25) is 24.5 Å². The predicted molar refractivity (Wildman–Crippen MR) is 298 cm³/mol. The third kappa shape index (κ3) is 12.9. The van der Waals surface area contributed by atoms with Crippen molar-refractivity contribution >= 4 is 28.8 Å². The summed E-state index contributed by atoms with van der Waals surface area (Å²) >= 11 is 0. The molecule has 15 nitrogen and oxygen atoms in total. The molecule has 2 bridgehead atoms. The maximum atomic E-state index is 15.6. The van der Waals surface area contributed by atoms with E-state index in [1.54, 1.807) is 26.5 Å². The topological polar surface area (TPSA) is 129 Å². The summed E-state index contributed by atoms with van der Waals surface area (Å²) in [7, 11) is 3.26. The average Bonchev–Trinajstić information content (AvgIpc) is 4.14. The van der Waals surface area contributed by atoms with Crippen LogP contribution in [0.2, 0.25) is 0 Å². The third-order valence-electron chi connectivity index (χ3n) is 18.2. The summed E-state index contributed by atoms with van der Waals surface area (Å²) in [6.45, 7) is 21.3. The summed E-state index contributed by atoms with van der Waals surface area (Å²) in [6, 6.07) is 8.90. The van der Waals surface area contributed by atoms with E-state index in [9.17, 15) is 18.0 Å². The van der Waals surface area contributed by atoms with E-state index in [1.807, 2.05) is 25.1 Å². The van der Waals surface area contributed by atoms with E-state index in [-0.39, 0.29) is 32.3 Å². The number of likely N-dealkylation sites (tertiary alicyclic amines) is 1. The number of hydrazine groups is 1. The molecule has 2 N–H and O–H groups in total. The van der Waals surface area contributed by atoms with Crippen molar-refractivity contribution in [2.45, 2.75) is 153 Å². The zero-order valence-electron chi connectivity index (χ0n) is 46.9.